The third kappa shape index (κ3) is 1.37. The van der Waals surface area contributed by atoms with Gasteiger partial charge in [0, 0.05) is 18.4 Å². The minimum atomic E-state index is 0. The van der Waals surface area contributed by atoms with E-state index in [0.29, 0.717) is 0 Å². The van der Waals surface area contributed by atoms with Crippen molar-refractivity contribution in [2.45, 2.75) is 18.9 Å². The molecule has 1 aliphatic rings. The summed E-state index contributed by atoms with van der Waals surface area (Å²) in [6, 6.07) is 2.30. The van der Waals surface area contributed by atoms with E-state index in [-0.39, 0.29) is 18.4 Å². The fraction of sp³-hybridized carbons (Fsp3) is 0.375. The minimum Gasteiger partial charge on any atom is -0.324 e. The lowest BCUT2D eigenvalue weighted by molar-refractivity contribution is 0.712. The first-order valence-corrected chi connectivity index (χ1v) is 3.56. The van der Waals surface area contributed by atoms with Gasteiger partial charge in [-0.05, 0) is 30.0 Å². The van der Waals surface area contributed by atoms with Gasteiger partial charge >= 0.3 is 0 Å². The number of fused-ring (bicyclic) bond motifs is 1. The summed E-state index contributed by atoms with van der Waals surface area (Å²) in [5.74, 6) is 0. The fourth-order valence-corrected chi connectivity index (χ4v) is 1.46. The zero-order valence-corrected chi connectivity index (χ0v) is 6.97. The zero-order valence-electron chi connectivity index (χ0n) is 6.16. The Labute approximate surface area is 72.2 Å². The molecule has 0 amide bonds. The summed E-state index contributed by atoms with van der Waals surface area (Å²) in [4.78, 5) is 4.03. The molecule has 0 saturated heterocycles. The van der Waals surface area contributed by atoms with Crippen LogP contribution in [0.25, 0.3) is 0 Å². The molecule has 0 bridgehead atoms. The predicted molar refractivity (Wildman–Crippen MR) is 46.7 cm³/mol. The monoisotopic (exact) mass is 170 g/mol. The number of rotatable bonds is 0. The van der Waals surface area contributed by atoms with Crippen molar-refractivity contribution in [3.8, 4) is 0 Å². The van der Waals surface area contributed by atoms with Crippen LogP contribution in [0.3, 0.4) is 0 Å². The molecule has 0 saturated carbocycles. The average molecular weight is 171 g/mol. The second kappa shape index (κ2) is 3.20. The highest BCUT2D eigenvalue weighted by atomic mass is 35.5. The Morgan fingerprint density at radius 2 is 2.36 bits per heavy atom. The number of nitrogens with two attached hydrogens (primary N) is 1. The van der Waals surface area contributed by atoms with E-state index >= 15 is 0 Å². The highest BCUT2D eigenvalue weighted by Gasteiger charge is 2.17. The summed E-state index contributed by atoms with van der Waals surface area (Å²) < 4.78 is 0. The van der Waals surface area contributed by atoms with Crippen LogP contribution in [0.1, 0.15) is 23.6 Å². The lowest BCUT2D eigenvalue weighted by atomic mass is 10.1. The quantitative estimate of drug-likeness (QED) is 0.640. The molecule has 2 N–H and O–H groups in total. The van der Waals surface area contributed by atoms with E-state index in [1.54, 1.807) is 0 Å². The van der Waals surface area contributed by atoms with Crippen LogP contribution in [-0.2, 0) is 6.42 Å². The van der Waals surface area contributed by atoms with E-state index in [1.807, 2.05) is 12.4 Å². The third-order valence-corrected chi connectivity index (χ3v) is 2.07. The summed E-state index contributed by atoms with van der Waals surface area (Å²) in [6.45, 7) is 0. The van der Waals surface area contributed by atoms with E-state index < -0.39 is 0 Å². The number of halogens is 1. The highest BCUT2D eigenvalue weighted by Crippen LogP contribution is 2.27. The first-order chi connectivity index (χ1) is 4.88. The van der Waals surface area contributed by atoms with E-state index in [9.17, 15) is 0 Å². The molecule has 11 heavy (non-hydrogen) atoms. The van der Waals surface area contributed by atoms with Crippen molar-refractivity contribution >= 4 is 12.4 Å². The molecule has 1 atom stereocenters. The van der Waals surface area contributed by atoms with Crippen LogP contribution in [0.15, 0.2) is 18.5 Å². The second-order valence-corrected chi connectivity index (χ2v) is 2.72. The maximum absolute atomic E-state index is 5.81. The Morgan fingerprint density at radius 3 is 3.09 bits per heavy atom. The molecule has 1 aromatic rings. The van der Waals surface area contributed by atoms with Gasteiger partial charge in [0.15, 0.2) is 0 Å². The van der Waals surface area contributed by atoms with Crippen LogP contribution >= 0.6 is 12.4 Å². The Bertz CT molecular complexity index is 250. The van der Waals surface area contributed by atoms with Crippen molar-refractivity contribution < 1.29 is 0 Å². The normalized spacial score (nSPS) is 20.6. The van der Waals surface area contributed by atoms with Crippen LogP contribution in [0.4, 0.5) is 0 Å². The summed E-state index contributed by atoms with van der Waals surface area (Å²) >= 11 is 0. The Kier molecular flexibility index (Phi) is 2.47. The number of nitrogens with zero attached hydrogens (tertiary/aromatic N) is 1. The molecule has 0 radical (unpaired) electrons. The molecular formula is C8H11ClN2. The van der Waals surface area contributed by atoms with Gasteiger partial charge in [-0.15, -0.1) is 12.4 Å². The number of pyridine rings is 1. The van der Waals surface area contributed by atoms with Gasteiger partial charge in [-0.3, -0.25) is 4.98 Å². The van der Waals surface area contributed by atoms with Gasteiger partial charge in [0.25, 0.3) is 0 Å². The van der Waals surface area contributed by atoms with Gasteiger partial charge in [0.05, 0.1) is 0 Å². The van der Waals surface area contributed by atoms with Crippen molar-refractivity contribution in [3.63, 3.8) is 0 Å². The topological polar surface area (TPSA) is 38.9 Å². The maximum Gasteiger partial charge on any atom is 0.0318 e. The van der Waals surface area contributed by atoms with E-state index in [1.165, 1.54) is 11.1 Å². The second-order valence-electron chi connectivity index (χ2n) is 2.72. The van der Waals surface area contributed by atoms with Gasteiger partial charge in [-0.1, -0.05) is 0 Å². The molecule has 1 unspecified atom stereocenters. The van der Waals surface area contributed by atoms with Crippen LogP contribution in [-0.4, -0.2) is 4.98 Å². The summed E-state index contributed by atoms with van der Waals surface area (Å²) in [5, 5.41) is 0. The molecule has 1 aromatic heterocycles. The fourth-order valence-electron chi connectivity index (χ4n) is 1.46. The zero-order chi connectivity index (χ0) is 6.97. The number of hydrogen-bond acceptors (Lipinski definition) is 2. The van der Waals surface area contributed by atoms with Crippen molar-refractivity contribution in [1.29, 1.82) is 0 Å². The van der Waals surface area contributed by atoms with Crippen LogP contribution in [0.2, 0.25) is 0 Å². The molecule has 0 spiro atoms. The Balaban J connectivity index is 0.000000605. The molecule has 0 aromatic carbocycles. The highest BCUT2D eigenvalue weighted by molar-refractivity contribution is 5.85. The van der Waals surface area contributed by atoms with Gasteiger partial charge in [-0.2, -0.15) is 0 Å². The molecule has 1 heterocycles. The van der Waals surface area contributed by atoms with Gasteiger partial charge < -0.3 is 5.73 Å². The first-order valence-electron chi connectivity index (χ1n) is 3.56. The van der Waals surface area contributed by atoms with Crippen molar-refractivity contribution in [2.24, 2.45) is 5.73 Å². The summed E-state index contributed by atoms with van der Waals surface area (Å²) in [7, 11) is 0. The van der Waals surface area contributed by atoms with E-state index in [2.05, 4.69) is 11.1 Å². The molecule has 2 rings (SSSR count). The number of aryl methyl sites for hydroxylation is 1. The van der Waals surface area contributed by atoms with Crippen LogP contribution in [0.5, 0.6) is 0 Å². The summed E-state index contributed by atoms with van der Waals surface area (Å²) in [6.07, 6.45) is 5.92. The van der Waals surface area contributed by atoms with E-state index in [4.69, 9.17) is 5.73 Å². The van der Waals surface area contributed by atoms with Crippen molar-refractivity contribution in [2.75, 3.05) is 0 Å². The lowest BCUT2D eigenvalue weighted by Crippen LogP contribution is -2.04. The Hall–Kier alpha value is -0.600. The number of hydrogen-bond donors (Lipinski definition) is 1. The minimum absolute atomic E-state index is 0. The standard InChI is InChI=1S/C8H10N2.ClH/c9-8-2-1-6-3-4-10-5-7(6)8;/h3-5,8H,1-2,9H2;1H. The maximum atomic E-state index is 5.81. The van der Waals surface area contributed by atoms with Crippen molar-refractivity contribution in [3.05, 3.63) is 29.6 Å². The van der Waals surface area contributed by atoms with Crippen LogP contribution < -0.4 is 5.73 Å². The largest absolute Gasteiger partial charge is 0.324 e. The first kappa shape index (κ1) is 8.50. The van der Waals surface area contributed by atoms with Crippen LogP contribution in [0, 0.1) is 0 Å². The predicted octanol–water partition coefficient (Wildman–Crippen LogP) is 1.45. The Morgan fingerprint density at radius 1 is 1.55 bits per heavy atom. The van der Waals surface area contributed by atoms with Gasteiger partial charge in [-0.25, -0.2) is 0 Å². The van der Waals surface area contributed by atoms with Gasteiger partial charge in [0.1, 0.15) is 0 Å². The molecule has 1 aliphatic carbocycles. The SMILES string of the molecule is Cl.NC1CCc2ccncc21. The molecule has 2 nitrogen and oxygen atoms in total. The number of aromatic nitrogens is 1. The molecule has 0 aliphatic heterocycles. The third-order valence-electron chi connectivity index (χ3n) is 2.07. The van der Waals surface area contributed by atoms with Crippen molar-refractivity contribution in [1.82, 2.24) is 4.98 Å². The average Bonchev–Trinajstić information content (AvgIpc) is 2.34. The molecule has 60 valence electrons. The molecule has 3 heteroatoms. The molecule has 0 fully saturated rings. The smallest absolute Gasteiger partial charge is 0.0318 e. The van der Waals surface area contributed by atoms with Gasteiger partial charge in [0.2, 0.25) is 0 Å². The lowest BCUT2D eigenvalue weighted by Gasteiger charge is -2.00. The summed E-state index contributed by atoms with van der Waals surface area (Å²) in [5.41, 5.74) is 8.42. The molecular weight excluding hydrogens is 160 g/mol. The van der Waals surface area contributed by atoms with E-state index in [0.717, 1.165) is 12.8 Å².